The second-order valence-corrected chi connectivity index (χ2v) is 10.4. The molecule has 0 heterocycles. The van der Waals surface area contributed by atoms with Gasteiger partial charge in [0, 0.05) is 5.41 Å². The molecule has 132 valence electrons. The minimum absolute atomic E-state index is 0.00581. The minimum atomic E-state index is -0.229. The zero-order valence-electron chi connectivity index (χ0n) is 14.9. The van der Waals surface area contributed by atoms with Crippen LogP contribution in [0, 0.1) is 0 Å². The third kappa shape index (κ3) is 2.13. The average Bonchev–Trinajstić information content (AvgIpc) is 2.86. The summed E-state index contributed by atoms with van der Waals surface area (Å²) in [6, 6.07) is 7.68. The zero-order valence-corrected chi connectivity index (χ0v) is 18.0. The Hall–Kier alpha value is -1.00. The SMILES string of the molecule is CC1(C)CC2(CC(C)(C)c3ccc(O)c(Br)c32)c2c1ccc(O)c2Br. The highest BCUT2D eigenvalue weighted by Gasteiger charge is 2.58. The number of hydrogen-bond donors (Lipinski definition) is 2. The normalized spacial score (nSPS) is 21.4. The first-order chi connectivity index (χ1) is 11.5. The second kappa shape index (κ2) is 5.04. The van der Waals surface area contributed by atoms with E-state index in [0.29, 0.717) is 0 Å². The van der Waals surface area contributed by atoms with Gasteiger partial charge in [-0.2, -0.15) is 0 Å². The zero-order chi connectivity index (χ0) is 18.4. The molecule has 0 saturated heterocycles. The van der Waals surface area contributed by atoms with Crippen LogP contribution in [0.15, 0.2) is 33.2 Å². The van der Waals surface area contributed by atoms with Crippen LogP contribution in [0.1, 0.15) is 62.8 Å². The van der Waals surface area contributed by atoms with Crippen LogP contribution < -0.4 is 0 Å². The fourth-order valence-electron chi connectivity index (χ4n) is 5.43. The summed E-state index contributed by atoms with van der Waals surface area (Å²) in [4.78, 5) is 0. The van der Waals surface area contributed by atoms with Crippen LogP contribution in [0.2, 0.25) is 0 Å². The molecule has 0 aliphatic heterocycles. The van der Waals surface area contributed by atoms with Gasteiger partial charge in [-0.05, 0) is 89.9 Å². The van der Waals surface area contributed by atoms with Crippen LogP contribution in [0.5, 0.6) is 11.5 Å². The first kappa shape index (κ1) is 17.4. The highest BCUT2D eigenvalue weighted by Crippen LogP contribution is 2.66. The first-order valence-corrected chi connectivity index (χ1v) is 10.1. The van der Waals surface area contributed by atoms with E-state index in [1.54, 1.807) is 12.1 Å². The van der Waals surface area contributed by atoms with Gasteiger partial charge in [0.15, 0.2) is 0 Å². The molecule has 2 nitrogen and oxygen atoms in total. The van der Waals surface area contributed by atoms with Crippen molar-refractivity contribution in [3.63, 3.8) is 0 Å². The Labute approximate surface area is 165 Å². The van der Waals surface area contributed by atoms with E-state index >= 15 is 0 Å². The van der Waals surface area contributed by atoms with Crippen LogP contribution in [0.3, 0.4) is 0 Å². The molecule has 2 aromatic carbocycles. The molecule has 0 fully saturated rings. The lowest BCUT2D eigenvalue weighted by Gasteiger charge is -2.31. The topological polar surface area (TPSA) is 40.5 Å². The van der Waals surface area contributed by atoms with Gasteiger partial charge in [0.1, 0.15) is 11.5 Å². The fourth-order valence-corrected chi connectivity index (χ4v) is 6.88. The van der Waals surface area contributed by atoms with E-state index < -0.39 is 0 Å². The van der Waals surface area contributed by atoms with E-state index in [1.807, 2.05) is 0 Å². The van der Waals surface area contributed by atoms with E-state index in [9.17, 15) is 10.2 Å². The summed E-state index contributed by atoms with van der Waals surface area (Å²) in [5.74, 6) is 0.553. The Morgan fingerprint density at radius 1 is 0.720 bits per heavy atom. The molecule has 0 amide bonds. The van der Waals surface area contributed by atoms with E-state index in [4.69, 9.17) is 0 Å². The van der Waals surface area contributed by atoms with Crippen LogP contribution in [0.4, 0.5) is 0 Å². The molecule has 0 aromatic heterocycles. The number of fused-ring (bicyclic) bond motifs is 4. The van der Waals surface area contributed by atoms with Crippen molar-refractivity contribution >= 4 is 31.9 Å². The molecule has 25 heavy (non-hydrogen) atoms. The lowest BCUT2D eigenvalue weighted by molar-refractivity contribution is 0.347. The molecule has 1 spiro atoms. The van der Waals surface area contributed by atoms with Crippen LogP contribution in [-0.4, -0.2) is 10.2 Å². The summed E-state index contributed by atoms with van der Waals surface area (Å²) in [6.07, 6.45) is 1.91. The van der Waals surface area contributed by atoms with Crippen LogP contribution in [0.25, 0.3) is 0 Å². The molecule has 4 rings (SSSR count). The third-order valence-electron chi connectivity index (χ3n) is 6.15. The molecule has 0 unspecified atom stereocenters. The number of halogens is 2. The number of aromatic hydroxyl groups is 2. The molecule has 2 aliphatic carbocycles. The fraction of sp³-hybridized carbons (Fsp3) is 0.429. The summed E-state index contributed by atoms with van der Waals surface area (Å²) >= 11 is 7.35. The van der Waals surface area contributed by atoms with Crippen molar-refractivity contribution in [1.82, 2.24) is 0 Å². The maximum Gasteiger partial charge on any atom is 0.130 e. The molecule has 0 bridgehead atoms. The number of phenolic OH excluding ortho intramolecular Hbond substituents is 2. The Morgan fingerprint density at radius 2 is 1.08 bits per heavy atom. The van der Waals surface area contributed by atoms with Gasteiger partial charge in [-0.15, -0.1) is 0 Å². The molecule has 2 aromatic rings. The molecule has 4 heteroatoms. The molecule has 0 atom stereocenters. The predicted octanol–water partition coefficient (Wildman–Crippen LogP) is 6.27. The van der Waals surface area contributed by atoms with Gasteiger partial charge in [0.2, 0.25) is 0 Å². The van der Waals surface area contributed by atoms with E-state index in [2.05, 4.69) is 71.7 Å². The molecular weight excluding hydrogens is 444 g/mol. The summed E-state index contributed by atoms with van der Waals surface area (Å²) in [6.45, 7) is 9.08. The monoisotopic (exact) mass is 464 g/mol. The summed E-state index contributed by atoms with van der Waals surface area (Å²) in [5.41, 5.74) is 4.66. The Morgan fingerprint density at radius 3 is 1.44 bits per heavy atom. The Balaban J connectivity index is 2.14. The average molecular weight is 466 g/mol. The number of rotatable bonds is 0. The summed E-state index contributed by atoms with van der Waals surface area (Å²) in [7, 11) is 0. The van der Waals surface area contributed by atoms with Crippen molar-refractivity contribution < 1.29 is 10.2 Å². The van der Waals surface area contributed by atoms with Gasteiger partial charge in [-0.1, -0.05) is 39.8 Å². The largest absolute Gasteiger partial charge is 0.507 e. The maximum absolute atomic E-state index is 10.4. The number of hydrogen-bond acceptors (Lipinski definition) is 2. The summed E-state index contributed by atoms with van der Waals surface area (Å²) < 4.78 is 1.57. The molecule has 2 aliphatic rings. The molecule has 0 radical (unpaired) electrons. The maximum atomic E-state index is 10.4. The number of phenols is 2. The van der Waals surface area contributed by atoms with Crippen molar-refractivity contribution in [2.45, 2.75) is 56.8 Å². The number of benzene rings is 2. The van der Waals surface area contributed by atoms with E-state index in [-0.39, 0.29) is 27.7 Å². The van der Waals surface area contributed by atoms with Crippen LogP contribution >= 0.6 is 31.9 Å². The first-order valence-electron chi connectivity index (χ1n) is 8.56. The van der Waals surface area contributed by atoms with Crippen molar-refractivity contribution in [2.75, 3.05) is 0 Å². The minimum Gasteiger partial charge on any atom is -0.507 e. The van der Waals surface area contributed by atoms with Crippen molar-refractivity contribution in [1.29, 1.82) is 0 Å². The lowest BCUT2D eigenvalue weighted by Crippen LogP contribution is -2.27. The highest BCUT2D eigenvalue weighted by atomic mass is 79.9. The van der Waals surface area contributed by atoms with Gasteiger partial charge >= 0.3 is 0 Å². The molecule has 2 N–H and O–H groups in total. The standard InChI is InChI=1S/C21H22Br2O2/c1-19(2)9-21(15-11(19)5-7-13(24)17(15)22)10-20(3,4)12-6-8-14(25)18(23)16(12)21/h5-8,24-25H,9-10H2,1-4H3. The van der Waals surface area contributed by atoms with Gasteiger partial charge in [0.25, 0.3) is 0 Å². The Bertz CT molecular complexity index is 837. The van der Waals surface area contributed by atoms with Crippen LogP contribution in [-0.2, 0) is 16.2 Å². The van der Waals surface area contributed by atoms with E-state index in [1.165, 1.54) is 22.3 Å². The lowest BCUT2D eigenvalue weighted by atomic mass is 9.72. The van der Waals surface area contributed by atoms with Gasteiger partial charge < -0.3 is 10.2 Å². The van der Waals surface area contributed by atoms with Gasteiger partial charge in [-0.3, -0.25) is 0 Å². The van der Waals surface area contributed by atoms with Gasteiger partial charge in [0.05, 0.1) is 8.95 Å². The molecular formula is C21H22Br2O2. The van der Waals surface area contributed by atoms with Gasteiger partial charge in [-0.25, -0.2) is 0 Å². The molecule has 0 saturated carbocycles. The predicted molar refractivity (Wildman–Crippen MR) is 108 cm³/mol. The van der Waals surface area contributed by atoms with Crippen molar-refractivity contribution in [3.8, 4) is 11.5 Å². The van der Waals surface area contributed by atoms with E-state index in [0.717, 1.165) is 21.8 Å². The quantitative estimate of drug-likeness (QED) is 0.481. The smallest absolute Gasteiger partial charge is 0.130 e. The summed E-state index contributed by atoms with van der Waals surface area (Å²) in [5, 5.41) is 20.8. The van der Waals surface area contributed by atoms with Crippen molar-refractivity contribution in [2.24, 2.45) is 0 Å². The van der Waals surface area contributed by atoms with Crippen molar-refractivity contribution in [3.05, 3.63) is 55.5 Å². The second-order valence-electron chi connectivity index (χ2n) is 8.85. The highest BCUT2D eigenvalue weighted by molar-refractivity contribution is 9.11. The Kier molecular flexibility index (Phi) is 3.51. The third-order valence-corrected chi connectivity index (χ3v) is 7.75.